The van der Waals surface area contributed by atoms with Crippen molar-refractivity contribution in [1.82, 2.24) is 9.88 Å². The number of nitrogens with zero attached hydrogens (tertiary/aromatic N) is 2. The standard InChI is InChI=1S/C17H19ClN2O2/c1-12(15-9-5-6-10-19-15)20(2)17(22)16(21)11-13-7-3-4-8-14(13)18/h3-10,12,16,21H,11H2,1-2H3/t12-,16+/m0/s1. The zero-order valence-electron chi connectivity index (χ0n) is 12.6. The van der Waals surface area contributed by atoms with Gasteiger partial charge in [0.25, 0.3) is 5.91 Å². The minimum Gasteiger partial charge on any atom is -0.383 e. The van der Waals surface area contributed by atoms with Crippen LogP contribution in [0.25, 0.3) is 0 Å². The molecule has 0 unspecified atom stereocenters. The Hall–Kier alpha value is -1.91. The number of pyridine rings is 1. The quantitative estimate of drug-likeness (QED) is 0.922. The fourth-order valence-electron chi connectivity index (χ4n) is 2.21. The van der Waals surface area contributed by atoms with Gasteiger partial charge >= 0.3 is 0 Å². The van der Waals surface area contributed by atoms with E-state index in [4.69, 9.17) is 11.6 Å². The van der Waals surface area contributed by atoms with Crippen LogP contribution in [0.5, 0.6) is 0 Å². The molecule has 0 bridgehead atoms. The number of rotatable bonds is 5. The van der Waals surface area contributed by atoms with E-state index in [0.717, 1.165) is 11.3 Å². The van der Waals surface area contributed by atoms with Gasteiger partial charge in [0.15, 0.2) is 0 Å². The average Bonchev–Trinajstić information content (AvgIpc) is 2.55. The molecule has 0 spiro atoms. The number of carbonyl (C=O) groups excluding carboxylic acids is 1. The van der Waals surface area contributed by atoms with Gasteiger partial charge < -0.3 is 10.0 Å². The molecule has 0 aliphatic carbocycles. The van der Waals surface area contributed by atoms with Gasteiger partial charge in [-0.25, -0.2) is 0 Å². The molecule has 2 rings (SSSR count). The van der Waals surface area contributed by atoms with Gasteiger partial charge in [-0.15, -0.1) is 0 Å². The Morgan fingerprint density at radius 2 is 1.95 bits per heavy atom. The number of aliphatic hydroxyl groups excluding tert-OH is 1. The minimum atomic E-state index is -1.13. The van der Waals surface area contributed by atoms with E-state index in [1.54, 1.807) is 25.4 Å². The Morgan fingerprint density at radius 3 is 2.59 bits per heavy atom. The summed E-state index contributed by atoms with van der Waals surface area (Å²) in [6, 6.07) is 12.5. The lowest BCUT2D eigenvalue weighted by atomic mass is 10.1. The monoisotopic (exact) mass is 318 g/mol. The number of amides is 1. The first kappa shape index (κ1) is 16.5. The van der Waals surface area contributed by atoms with Gasteiger partial charge in [0, 0.05) is 24.7 Å². The van der Waals surface area contributed by atoms with Gasteiger partial charge in [-0.3, -0.25) is 9.78 Å². The molecule has 22 heavy (non-hydrogen) atoms. The van der Waals surface area contributed by atoms with Crippen molar-refractivity contribution in [3.63, 3.8) is 0 Å². The molecular weight excluding hydrogens is 300 g/mol. The first-order valence-corrected chi connectivity index (χ1v) is 7.47. The number of halogens is 1. The Bertz CT molecular complexity index is 634. The molecule has 1 aromatic heterocycles. The molecule has 0 aliphatic rings. The van der Waals surface area contributed by atoms with Crippen LogP contribution in [0.1, 0.15) is 24.2 Å². The predicted octanol–water partition coefficient (Wildman–Crippen LogP) is 2.86. The minimum absolute atomic E-state index is 0.192. The van der Waals surface area contributed by atoms with Crippen LogP contribution >= 0.6 is 11.6 Å². The zero-order chi connectivity index (χ0) is 16.1. The molecule has 1 aromatic carbocycles. The topological polar surface area (TPSA) is 53.4 Å². The third-order valence-corrected chi connectivity index (χ3v) is 4.07. The van der Waals surface area contributed by atoms with Crippen LogP contribution < -0.4 is 0 Å². The van der Waals surface area contributed by atoms with Crippen LogP contribution in [0.4, 0.5) is 0 Å². The Balaban J connectivity index is 2.05. The molecule has 2 atom stereocenters. The molecule has 0 fully saturated rings. The van der Waals surface area contributed by atoms with Crippen molar-refractivity contribution < 1.29 is 9.90 Å². The molecule has 0 aliphatic heterocycles. The fraction of sp³-hybridized carbons (Fsp3) is 0.294. The van der Waals surface area contributed by atoms with Crippen molar-refractivity contribution in [3.05, 3.63) is 64.9 Å². The number of likely N-dealkylation sites (N-methyl/N-ethyl adjacent to an activating group) is 1. The number of benzene rings is 1. The van der Waals surface area contributed by atoms with Gasteiger partial charge in [0.05, 0.1) is 11.7 Å². The second-order valence-electron chi connectivity index (χ2n) is 5.19. The number of carbonyl (C=O) groups is 1. The van der Waals surface area contributed by atoms with Crippen LogP contribution in [0.3, 0.4) is 0 Å². The third-order valence-electron chi connectivity index (χ3n) is 3.70. The highest BCUT2D eigenvalue weighted by atomic mass is 35.5. The molecule has 5 heteroatoms. The molecule has 4 nitrogen and oxygen atoms in total. The fourth-order valence-corrected chi connectivity index (χ4v) is 2.42. The molecule has 0 saturated carbocycles. The molecular formula is C17H19ClN2O2. The summed E-state index contributed by atoms with van der Waals surface area (Å²) >= 11 is 6.07. The van der Waals surface area contributed by atoms with Crippen molar-refractivity contribution in [2.75, 3.05) is 7.05 Å². The van der Waals surface area contributed by atoms with E-state index in [1.807, 2.05) is 37.3 Å². The van der Waals surface area contributed by atoms with E-state index in [-0.39, 0.29) is 18.4 Å². The van der Waals surface area contributed by atoms with Crippen LogP contribution in [-0.2, 0) is 11.2 Å². The first-order valence-electron chi connectivity index (χ1n) is 7.09. The summed E-state index contributed by atoms with van der Waals surface area (Å²) in [7, 11) is 1.66. The molecule has 116 valence electrons. The normalized spacial score (nSPS) is 13.5. The maximum Gasteiger partial charge on any atom is 0.252 e. The number of hydrogen-bond acceptors (Lipinski definition) is 3. The molecule has 1 N–H and O–H groups in total. The molecule has 1 amide bonds. The van der Waals surface area contributed by atoms with E-state index in [9.17, 15) is 9.90 Å². The first-order chi connectivity index (χ1) is 10.5. The number of aromatic nitrogens is 1. The Morgan fingerprint density at radius 1 is 1.27 bits per heavy atom. The SMILES string of the molecule is C[C@@H](c1ccccn1)N(C)C(=O)[C@H](O)Cc1ccccc1Cl. The van der Waals surface area contributed by atoms with Crippen LogP contribution in [0.2, 0.25) is 5.02 Å². The highest BCUT2D eigenvalue weighted by molar-refractivity contribution is 6.31. The highest BCUT2D eigenvalue weighted by Crippen LogP contribution is 2.20. The second-order valence-corrected chi connectivity index (χ2v) is 5.60. The van der Waals surface area contributed by atoms with Gasteiger partial charge in [-0.05, 0) is 30.7 Å². The van der Waals surface area contributed by atoms with E-state index in [0.29, 0.717) is 5.02 Å². The summed E-state index contributed by atoms with van der Waals surface area (Å²) in [5.74, 6) is -0.349. The lowest BCUT2D eigenvalue weighted by molar-refractivity contribution is -0.140. The molecule has 1 heterocycles. The summed E-state index contributed by atoms with van der Waals surface area (Å²) in [6.07, 6.45) is 0.748. The lowest BCUT2D eigenvalue weighted by Crippen LogP contribution is -2.39. The van der Waals surface area contributed by atoms with Crippen LogP contribution in [-0.4, -0.2) is 34.0 Å². The maximum absolute atomic E-state index is 12.4. The van der Waals surface area contributed by atoms with Crippen molar-refractivity contribution in [1.29, 1.82) is 0 Å². The van der Waals surface area contributed by atoms with Crippen molar-refractivity contribution in [2.24, 2.45) is 0 Å². The van der Waals surface area contributed by atoms with Crippen molar-refractivity contribution in [3.8, 4) is 0 Å². The average molecular weight is 319 g/mol. The molecule has 0 saturated heterocycles. The number of aliphatic hydroxyl groups is 1. The third kappa shape index (κ3) is 3.84. The maximum atomic E-state index is 12.4. The van der Waals surface area contributed by atoms with Crippen molar-refractivity contribution in [2.45, 2.75) is 25.5 Å². The summed E-state index contributed by atoms with van der Waals surface area (Å²) < 4.78 is 0. The molecule has 0 radical (unpaired) electrons. The van der Waals surface area contributed by atoms with Crippen molar-refractivity contribution >= 4 is 17.5 Å². The Kier molecular flexibility index (Phi) is 5.52. The Labute approximate surface area is 135 Å². The lowest BCUT2D eigenvalue weighted by Gasteiger charge is -2.27. The largest absolute Gasteiger partial charge is 0.383 e. The smallest absolute Gasteiger partial charge is 0.252 e. The van der Waals surface area contributed by atoms with Crippen LogP contribution in [0, 0.1) is 0 Å². The highest BCUT2D eigenvalue weighted by Gasteiger charge is 2.25. The van der Waals surface area contributed by atoms with Gasteiger partial charge in [0.2, 0.25) is 0 Å². The number of hydrogen-bond donors (Lipinski definition) is 1. The van der Waals surface area contributed by atoms with E-state index < -0.39 is 6.10 Å². The van der Waals surface area contributed by atoms with E-state index in [2.05, 4.69) is 4.98 Å². The van der Waals surface area contributed by atoms with Crippen LogP contribution in [0.15, 0.2) is 48.7 Å². The van der Waals surface area contributed by atoms with Gasteiger partial charge in [-0.1, -0.05) is 35.9 Å². The molecule has 2 aromatic rings. The van der Waals surface area contributed by atoms with E-state index >= 15 is 0 Å². The predicted molar refractivity (Wildman–Crippen MR) is 86.6 cm³/mol. The van der Waals surface area contributed by atoms with Gasteiger partial charge in [0.1, 0.15) is 6.10 Å². The summed E-state index contributed by atoms with van der Waals surface area (Å²) in [5, 5.41) is 10.7. The second kappa shape index (κ2) is 7.38. The summed E-state index contributed by atoms with van der Waals surface area (Å²) in [4.78, 5) is 18.1. The summed E-state index contributed by atoms with van der Waals surface area (Å²) in [5.41, 5.74) is 1.53. The van der Waals surface area contributed by atoms with E-state index in [1.165, 1.54) is 4.90 Å². The summed E-state index contributed by atoms with van der Waals surface area (Å²) in [6.45, 7) is 1.88. The zero-order valence-corrected chi connectivity index (χ0v) is 13.4. The van der Waals surface area contributed by atoms with Gasteiger partial charge in [-0.2, -0.15) is 0 Å².